The van der Waals surface area contributed by atoms with Gasteiger partial charge in [-0.15, -0.1) is 11.3 Å². The number of carbonyl (C=O) groups excluding carboxylic acids is 3. The molecule has 3 aromatic rings. The monoisotopic (exact) mass is 436 g/mol. The number of hydrogen-bond donors (Lipinski definition) is 0. The van der Waals surface area contributed by atoms with E-state index >= 15 is 0 Å². The molecule has 1 aromatic heterocycles. The van der Waals surface area contributed by atoms with Crippen molar-refractivity contribution in [2.24, 2.45) is 5.92 Å². The van der Waals surface area contributed by atoms with E-state index in [1.807, 2.05) is 29.6 Å². The van der Waals surface area contributed by atoms with Crippen molar-refractivity contribution in [2.75, 3.05) is 25.2 Å². The molecular formula is C23H20N2O5S. The Balaban J connectivity index is 1.38. The Morgan fingerprint density at radius 1 is 1.16 bits per heavy atom. The molecule has 31 heavy (non-hydrogen) atoms. The van der Waals surface area contributed by atoms with Gasteiger partial charge in [-0.2, -0.15) is 0 Å². The van der Waals surface area contributed by atoms with E-state index in [4.69, 9.17) is 9.47 Å². The van der Waals surface area contributed by atoms with E-state index in [1.165, 1.54) is 16.2 Å². The second-order valence-corrected chi connectivity index (χ2v) is 7.89. The van der Waals surface area contributed by atoms with Gasteiger partial charge in [0, 0.05) is 29.5 Å². The number of Topliss-reactive ketones (excluding diaryl/α,β-unsaturated/α-hetero) is 1. The molecule has 1 saturated heterocycles. The fourth-order valence-corrected chi connectivity index (χ4v) is 4.18. The maximum Gasteiger partial charge on any atom is 0.311 e. The summed E-state index contributed by atoms with van der Waals surface area (Å²) in [5, 5.41) is 2.39. The average molecular weight is 436 g/mol. The van der Waals surface area contributed by atoms with Gasteiger partial charge in [0.15, 0.2) is 17.5 Å². The lowest BCUT2D eigenvalue weighted by atomic mass is 10.1. The van der Waals surface area contributed by atoms with Gasteiger partial charge in [0.25, 0.3) is 0 Å². The van der Waals surface area contributed by atoms with E-state index in [0.717, 1.165) is 17.0 Å². The lowest BCUT2D eigenvalue weighted by Gasteiger charge is -2.12. The first-order valence-electron chi connectivity index (χ1n) is 9.70. The molecule has 8 heteroatoms. The van der Waals surface area contributed by atoms with Crippen LogP contribution >= 0.6 is 11.3 Å². The van der Waals surface area contributed by atoms with Crippen molar-refractivity contribution in [2.45, 2.75) is 6.42 Å². The van der Waals surface area contributed by atoms with Gasteiger partial charge in [0.2, 0.25) is 5.91 Å². The Kier molecular flexibility index (Phi) is 6.08. The summed E-state index contributed by atoms with van der Waals surface area (Å²) in [7, 11) is 1.60. The van der Waals surface area contributed by atoms with Gasteiger partial charge in [-0.3, -0.25) is 19.3 Å². The zero-order valence-electron chi connectivity index (χ0n) is 16.8. The minimum Gasteiger partial charge on any atom is -0.497 e. The van der Waals surface area contributed by atoms with Crippen LogP contribution in [0.4, 0.5) is 5.13 Å². The zero-order chi connectivity index (χ0) is 21.8. The van der Waals surface area contributed by atoms with Crippen LogP contribution in [0.3, 0.4) is 0 Å². The van der Waals surface area contributed by atoms with Gasteiger partial charge in [-0.05, 0) is 12.1 Å². The number of rotatable bonds is 7. The molecule has 1 fully saturated rings. The van der Waals surface area contributed by atoms with Crippen LogP contribution in [0.2, 0.25) is 0 Å². The average Bonchev–Trinajstić information content (AvgIpc) is 3.44. The summed E-state index contributed by atoms with van der Waals surface area (Å²) in [4.78, 5) is 43.1. The van der Waals surface area contributed by atoms with Crippen LogP contribution in [-0.2, 0) is 14.3 Å². The fraction of sp³-hybridized carbons (Fsp3) is 0.217. The molecule has 158 valence electrons. The van der Waals surface area contributed by atoms with Crippen molar-refractivity contribution >= 4 is 34.1 Å². The van der Waals surface area contributed by atoms with Gasteiger partial charge in [-0.1, -0.05) is 42.5 Å². The fourth-order valence-electron chi connectivity index (χ4n) is 3.32. The topological polar surface area (TPSA) is 85.8 Å². The zero-order valence-corrected chi connectivity index (χ0v) is 17.6. The SMILES string of the molecule is COc1cccc(-c2csc(N3C[C@@H](C(=O)OCC(=O)c4ccccc4)CC3=O)n2)c1. The van der Waals surface area contributed by atoms with E-state index in [2.05, 4.69) is 4.98 Å². The Bertz CT molecular complexity index is 1110. The number of nitrogens with zero attached hydrogens (tertiary/aromatic N) is 2. The van der Waals surface area contributed by atoms with Gasteiger partial charge >= 0.3 is 5.97 Å². The molecule has 0 spiro atoms. The number of esters is 1. The molecule has 0 N–H and O–H groups in total. The first-order chi connectivity index (χ1) is 15.0. The lowest BCUT2D eigenvalue weighted by Crippen LogP contribution is -2.27. The summed E-state index contributed by atoms with van der Waals surface area (Å²) in [6.45, 7) is -0.160. The van der Waals surface area contributed by atoms with Crippen LogP contribution in [0.25, 0.3) is 11.3 Å². The molecule has 2 heterocycles. The highest BCUT2D eigenvalue weighted by Gasteiger charge is 2.37. The van der Waals surface area contributed by atoms with Crippen molar-refractivity contribution in [3.05, 3.63) is 65.5 Å². The number of amides is 1. The number of aromatic nitrogens is 1. The van der Waals surface area contributed by atoms with Crippen LogP contribution in [-0.4, -0.2) is 42.9 Å². The third-order valence-electron chi connectivity index (χ3n) is 4.99. The van der Waals surface area contributed by atoms with E-state index in [9.17, 15) is 14.4 Å². The van der Waals surface area contributed by atoms with Gasteiger partial charge in [0.1, 0.15) is 5.75 Å². The molecule has 0 aliphatic carbocycles. The minimum absolute atomic E-state index is 0.0342. The lowest BCUT2D eigenvalue weighted by molar-refractivity contribution is -0.147. The maximum absolute atomic E-state index is 12.5. The summed E-state index contributed by atoms with van der Waals surface area (Å²) in [5.41, 5.74) is 2.09. The second-order valence-electron chi connectivity index (χ2n) is 7.05. The molecule has 1 aliphatic rings. The quantitative estimate of drug-likeness (QED) is 0.416. The van der Waals surface area contributed by atoms with Crippen LogP contribution in [0.1, 0.15) is 16.8 Å². The van der Waals surface area contributed by atoms with Gasteiger partial charge in [0.05, 0.1) is 18.7 Å². The predicted molar refractivity (Wildman–Crippen MR) is 116 cm³/mol. The van der Waals surface area contributed by atoms with E-state index < -0.39 is 11.9 Å². The van der Waals surface area contributed by atoms with E-state index in [0.29, 0.717) is 10.7 Å². The summed E-state index contributed by atoms with van der Waals surface area (Å²) in [5.74, 6) is -0.928. The largest absolute Gasteiger partial charge is 0.497 e. The molecule has 1 amide bonds. The number of ether oxygens (including phenoxy) is 2. The van der Waals surface area contributed by atoms with Crippen LogP contribution in [0.5, 0.6) is 5.75 Å². The molecule has 0 radical (unpaired) electrons. The molecule has 2 aromatic carbocycles. The number of anilines is 1. The van der Waals surface area contributed by atoms with Crippen LogP contribution in [0.15, 0.2) is 60.0 Å². The molecule has 7 nitrogen and oxygen atoms in total. The number of methoxy groups -OCH3 is 1. The standard InChI is InChI=1S/C23H20N2O5S/c1-29-18-9-5-8-16(10-18)19-14-31-23(24-19)25-12-17(11-21(25)27)22(28)30-13-20(26)15-6-3-2-4-7-15/h2-10,14,17H,11-13H2,1H3/t17-/m0/s1. The molecule has 0 saturated carbocycles. The van der Waals surface area contributed by atoms with Crippen molar-refractivity contribution < 1.29 is 23.9 Å². The Morgan fingerprint density at radius 3 is 2.74 bits per heavy atom. The number of ketones is 1. The maximum atomic E-state index is 12.5. The highest BCUT2D eigenvalue weighted by atomic mass is 32.1. The Hall–Kier alpha value is -3.52. The van der Waals surface area contributed by atoms with Crippen molar-refractivity contribution in [3.63, 3.8) is 0 Å². The molecule has 1 atom stereocenters. The number of carbonyl (C=O) groups is 3. The normalized spacial score (nSPS) is 15.7. The summed E-state index contributed by atoms with van der Waals surface area (Å²) in [6.07, 6.45) is 0.0342. The molecule has 0 bridgehead atoms. The van der Waals surface area contributed by atoms with E-state index in [-0.39, 0.29) is 31.3 Å². The van der Waals surface area contributed by atoms with Crippen molar-refractivity contribution in [1.82, 2.24) is 4.98 Å². The van der Waals surface area contributed by atoms with Gasteiger partial charge < -0.3 is 9.47 Å². The van der Waals surface area contributed by atoms with Crippen LogP contribution in [0, 0.1) is 5.92 Å². The Labute approximate surface area is 183 Å². The summed E-state index contributed by atoms with van der Waals surface area (Å²) in [6, 6.07) is 16.1. The number of thiazole rings is 1. The third kappa shape index (κ3) is 4.64. The van der Waals surface area contributed by atoms with E-state index in [1.54, 1.807) is 37.4 Å². The van der Waals surface area contributed by atoms with Crippen molar-refractivity contribution in [3.8, 4) is 17.0 Å². The highest BCUT2D eigenvalue weighted by Crippen LogP contribution is 2.32. The molecule has 4 rings (SSSR count). The summed E-state index contributed by atoms with van der Waals surface area (Å²) < 4.78 is 10.4. The number of benzene rings is 2. The third-order valence-corrected chi connectivity index (χ3v) is 5.85. The molecular weight excluding hydrogens is 416 g/mol. The minimum atomic E-state index is -0.625. The first-order valence-corrected chi connectivity index (χ1v) is 10.6. The highest BCUT2D eigenvalue weighted by molar-refractivity contribution is 7.14. The molecule has 0 unspecified atom stereocenters. The summed E-state index contributed by atoms with van der Waals surface area (Å²) >= 11 is 1.34. The molecule has 1 aliphatic heterocycles. The van der Waals surface area contributed by atoms with Crippen molar-refractivity contribution in [1.29, 1.82) is 0 Å². The van der Waals surface area contributed by atoms with Crippen LogP contribution < -0.4 is 9.64 Å². The Morgan fingerprint density at radius 2 is 1.97 bits per heavy atom. The predicted octanol–water partition coefficient (Wildman–Crippen LogP) is 3.60. The smallest absolute Gasteiger partial charge is 0.311 e. The van der Waals surface area contributed by atoms with Gasteiger partial charge in [-0.25, -0.2) is 4.98 Å². The number of hydrogen-bond acceptors (Lipinski definition) is 7. The second kappa shape index (κ2) is 9.09. The first kappa shape index (κ1) is 20.7.